The van der Waals surface area contributed by atoms with E-state index in [1.165, 1.54) is 0 Å². The van der Waals surface area contributed by atoms with Crippen molar-refractivity contribution >= 4 is 5.78 Å². The first-order chi connectivity index (χ1) is 8.74. The van der Waals surface area contributed by atoms with Gasteiger partial charge in [0.05, 0.1) is 12.2 Å². The molecule has 3 rings (SSSR count). The van der Waals surface area contributed by atoms with Crippen molar-refractivity contribution in [1.82, 2.24) is 0 Å². The fraction of sp³-hybridized carbons (Fsp3) is 0.533. The molecule has 3 heteroatoms. The minimum atomic E-state index is -0.00648. The van der Waals surface area contributed by atoms with E-state index in [0.717, 1.165) is 42.9 Å². The summed E-state index contributed by atoms with van der Waals surface area (Å²) in [5.74, 6) is 1.31. The number of rotatable bonds is 1. The summed E-state index contributed by atoms with van der Waals surface area (Å²) in [6, 6.07) is 5.83. The van der Waals surface area contributed by atoms with E-state index >= 15 is 0 Å². The lowest BCUT2D eigenvalue weighted by Crippen LogP contribution is -2.38. The predicted molar refractivity (Wildman–Crippen MR) is 68.1 cm³/mol. The van der Waals surface area contributed by atoms with Crippen molar-refractivity contribution in [2.75, 3.05) is 13.2 Å². The molecule has 0 bridgehead atoms. The van der Waals surface area contributed by atoms with Crippen molar-refractivity contribution in [3.05, 3.63) is 29.3 Å². The molecule has 2 aliphatic rings. The van der Waals surface area contributed by atoms with Gasteiger partial charge in [0.2, 0.25) is 0 Å². The summed E-state index contributed by atoms with van der Waals surface area (Å²) in [6.45, 7) is 3.56. The number of aryl methyl sites for hydroxylation is 1. The lowest BCUT2D eigenvalue weighted by atomic mass is 9.88. The first kappa shape index (κ1) is 11.7. The number of ketones is 1. The fourth-order valence-corrected chi connectivity index (χ4v) is 2.78. The Morgan fingerprint density at radius 3 is 3.00 bits per heavy atom. The molecule has 0 aromatic heterocycles. The highest BCUT2D eigenvalue weighted by Gasteiger charge is 2.33. The number of carbonyl (C=O) groups excluding carboxylic acids is 1. The van der Waals surface area contributed by atoms with Gasteiger partial charge in [0.25, 0.3) is 0 Å². The normalized spacial score (nSPS) is 27.5. The van der Waals surface area contributed by atoms with Crippen LogP contribution in [0.4, 0.5) is 0 Å². The molecule has 2 unspecified atom stereocenters. The molecule has 18 heavy (non-hydrogen) atoms. The number of hydrogen-bond acceptors (Lipinski definition) is 3. The zero-order chi connectivity index (χ0) is 12.5. The fourth-order valence-electron chi connectivity index (χ4n) is 2.78. The van der Waals surface area contributed by atoms with Crippen LogP contribution < -0.4 is 4.74 Å². The van der Waals surface area contributed by atoms with Gasteiger partial charge in [-0.3, -0.25) is 4.79 Å². The van der Waals surface area contributed by atoms with Gasteiger partial charge in [0, 0.05) is 18.9 Å². The molecular formula is C15H18O3. The zero-order valence-corrected chi connectivity index (χ0v) is 10.6. The van der Waals surface area contributed by atoms with Gasteiger partial charge < -0.3 is 9.47 Å². The largest absolute Gasteiger partial charge is 0.489 e. The maximum Gasteiger partial charge on any atom is 0.170 e. The number of hydrogen-bond donors (Lipinski definition) is 0. The highest BCUT2D eigenvalue weighted by atomic mass is 16.5. The van der Waals surface area contributed by atoms with E-state index < -0.39 is 0 Å². The van der Waals surface area contributed by atoms with E-state index in [9.17, 15) is 4.79 Å². The molecule has 0 radical (unpaired) electrons. The van der Waals surface area contributed by atoms with Gasteiger partial charge in [-0.2, -0.15) is 0 Å². The standard InChI is InChI=1S/C15H18O3/c1-10-4-5-14-12(7-10)13(16)8-15(18-14)11-3-2-6-17-9-11/h4-5,7,11,15H,2-3,6,8-9H2,1H3. The van der Waals surface area contributed by atoms with E-state index in [2.05, 4.69) is 0 Å². The summed E-state index contributed by atoms with van der Waals surface area (Å²) in [7, 11) is 0. The Hall–Kier alpha value is -1.35. The first-order valence-electron chi connectivity index (χ1n) is 6.62. The average Bonchev–Trinajstić information content (AvgIpc) is 2.40. The van der Waals surface area contributed by atoms with Crippen molar-refractivity contribution in [3.8, 4) is 5.75 Å². The molecule has 3 nitrogen and oxygen atoms in total. The summed E-state index contributed by atoms with van der Waals surface area (Å²) in [4.78, 5) is 12.2. The number of carbonyl (C=O) groups is 1. The minimum absolute atomic E-state index is 0.00648. The monoisotopic (exact) mass is 246 g/mol. The second-order valence-corrected chi connectivity index (χ2v) is 5.26. The van der Waals surface area contributed by atoms with Crippen LogP contribution in [-0.2, 0) is 4.74 Å². The molecule has 1 aromatic carbocycles. The molecule has 0 aliphatic carbocycles. The second-order valence-electron chi connectivity index (χ2n) is 5.26. The number of Topliss-reactive ketones (excluding diaryl/α,β-unsaturated/α-hetero) is 1. The van der Waals surface area contributed by atoms with E-state index in [1.807, 2.05) is 25.1 Å². The molecule has 2 heterocycles. The summed E-state index contributed by atoms with van der Waals surface area (Å²) in [5.41, 5.74) is 1.84. The van der Waals surface area contributed by atoms with Crippen LogP contribution in [0.2, 0.25) is 0 Å². The third-order valence-electron chi connectivity index (χ3n) is 3.82. The van der Waals surface area contributed by atoms with Gasteiger partial charge in [-0.1, -0.05) is 11.6 Å². The molecule has 2 aliphatic heterocycles. The maximum atomic E-state index is 12.2. The number of benzene rings is 1. The number of ether oxygens (including phenoxy) is 2. The third kappa shape index (κ3) is 2.15. The van der Waals surface area contributed by atoms with Gasteiger partial charge in [0.15, 0.2) is 5.78 Å². The molecule has 0 saturated carbocycles. The molecule has 0 N–H and O–H groups in total. The van der Waals surface area contributed by atoms with Crippen molar-refractivity contribution in [1.29, 1.82) is 0 Å². The Morgan fingerprint density at radius 2 is 2.22 bits per heavy atom. The highest BCUT2D eigenvalue weighted by molar-refractivity contribution is 6.00. The Bertz CT molecular complexity index is 461. The van der Waals surface area contributed by atoms with Crippen LogP contribution in [0.3, 0.4) is 0 Å². The summed E-state index contributed by atoms with van der Waals surface area (Å²) in [6.07, 6.45) is 2.65. The maximum absolute atomic E-state index is 12.2. The quantitative estimate of drug-likeness (QED) is 0.764. The van der Waals surface area contributed by atoms with Crippen molar-refractivity contribution in [2.45, 2.75) is 32.3 Å². The van der Waals surface area contributed by atoms with E-state index in [1.54, 1.807) is 0 Å². The topological polar surface area (TPSA) is 35.5 Å². The lowest BCUT2D eigenvalue weighted by Gasteiger charge is -2.33. The number of fused-ring (bicyclic) bond motifs is 1. The molecule has 1 aromatic rings. The SMILES string of the molecule is Cc1ccc2c(c1)C(=O)CC(C1CCCOC1)O2. The Balaban J connectivity index is 1.82. The van der Waals surface area contributed by atoms with Gasteiger partial charge in [0.1, 0.15) is 11.9 Å². The van der Waals surface area contributed by atoms with Gasteiger partial charge >= 0.3 is 0 Å². The Morgan fingerprint density at radius 1 is 1.33 bits per heavy atom. The molecule has 0 amide bonds. The third-order valence-corrected chi connectivity index (χ3v) is 3.82. The van der Waals surface area contributed by atoms with Crippen LogP contribution in [0.15, 0.2) is 18.2 Å². The predicted octanol–water partition coefficient (Wildman–Crippen LogP) is 2.76. The average molecular weight is 246 g/mol. The molecule has 96 valence electrons. The molecule has 0 spiro atoms. The van der Waals surface area contributed by atoms with Gasteiger partial charge in [-0.25, -0.2) is 0 Å². The highest BCUT2D eigenvalue weighted by Crippen LogP contribution is 2.33. The first-order valence-corrected chi connectivity index (χ1v) is 6.62. The van der Waals surface area contributed by atoms with Gasteiger partial charge in [-0.05, 0) is 31.9 Å². The lowest BCUT2D eigenvalue weighted by molar-refractivity contribution is -0.00364. The molecule has 2 atom stereocenters. The van der Waals surface area contributed by atoms with Crippen LogP contribution in [0.1, 0.15) is 35.2 Å². The van der Waals surface area contributed by atoms with Crippen LogP contribution in [-0.4, -0.2) is 25.1 Å². The second kappa shape index (κ2) is 4.73. The Kier molecular flexibility index (Phi) is 3.08. The summed E-state index contributed by atoms with van der Waals surface area (Å²) < 4.78 is 11.5. The zero-order valence-electron chi connectivity index (χ0n) is 10.6. The minimum Gasteiger partial charge on any atom is -0.489 e. The van der Waals surface area contributed by atoms with Crippen LogP contribution >= 0.6 is 0 Å². The Labute approximate surface area is 107 Å². The van der Waals surface area contributed by atoms with Crippen molar-refractivity contribution in [2.24, 2.45) is 5.92 Å². The van der Waals surface area contributed by atoms with Crippen LogP contribution in [0, 0.1) is 12.8 Å². The van der Waals surface area contributed by atoms with Gasteiger partial charge in [-0.15, -0.1) is 0 Å². The van der Waals surface area contributed by atoms with Crippen molar-refractivity contribution in [3.63, 3.8) is 0 Å². The van der Waals surface area contributed by atoms with E-state index in [-0.39, 0.29) is 11.9 Å². The van der Waals surface area contributed by atoms with E-state index in [4.69, 9.17) is 9.47 Å². The molecule has 1 saturated heterocycles. The molecular weight excluding hydrogens is 228 g/mol. The van der Waals surface area contributed by atoms with E-state index in [0.29, 0.717) is 12.3 Å². The summed E-state index contributed by atoms with van der Waals surface area (Å²) in [5, 5.41) is 0. The molecule has 1 fully saturated rings. The van der Waals surface area contributed by atoms with Crippen LogP contribution in [0.5, 0.6) is 5.75 Å². The summed E-state index contributed by atoms with van der Waals surface area (Å²) >= 11 is 0. The van der Waals surface area contributed by atoms with Crippen LogP contribution in [0.25, 0.3) is 0 Å². The smallest absolute Gasteiger partial charge is 0.170 e. The van der Waals surface area contributed by atoms with Crippen molar-refractivity contribution < 1.29 is 14.3 Å².